The highest BCUT2D eigenvalue weighted by Gasteiger charge is 2.18. The number of para-hydroxylation sites is 1. The smallest absolute Gasteiger partial charge is 0.244 e. The van der Waals surface area contributed by atoms with Gasteiger partial charge in [0.15, 0.2) is 0 Å². The molecule has 1 amide bonds. The molecule has 19 heavy (non-hydrogen) atoms. The van der Waals surface area contributed by atoms with Crippen LogP contribution in [-0.4, -0.2) is 37.0 Å². The van der Waals surface area contributed by atoms with Gasteiger partial charge in [-0.25, -0.2) is 0 Å². The summed E-state index contributed by atoms with van der Waals surface area (Å²) in [4.78, 5) is 14.0. The van der Waals surface area contributed by atoms with E-state index in [1.54, 1.807) is 7.11 Å². The molecule has 4 nitrogen and oxygen atoms in total. The first-order valence-corrected chi connectivity index (χ1v) is 6.76. The summed E-state index contributed by atoms with van der Waals surface area (Å²) in [5, 5.41) is 3.27. The molecule has 1 atom stereocenters. The molecule has 0 aliphatic heterocycles. The average Bonchev–Trinajstić information content (AvgIpc) is 2.42. The molecule has 0 saturated carbocycles. The van der Waals surface area contributed by atoms with Gasteiger partial charge >= 0.3 is 0 Å². The lowest BCUT2D eigenvalue weighted by Crippen LogP contribution is -2.41. The molecule has 1 aromatic carbocycles. The van der Waals surface area contributed by atoms with Gasteiger partial charge in [0.05, 0.1) is 6.61 Å². The molecule has 0 aliphatic carbocycles. The van der Waals surface area contributed by atoms with E-state index in [2.05, 4.69) is 5.32 Å². The average molecular weight is 264 g/mol. The van der Waals surface area contributed by atoms with Crippen molar-refractivity contribution in [2.45, 2.75) is 33.4 Å². The van der Waals surface area contributed by atoms with Crippen molar-refractivity contribution in [3.05, 3.63) is 29.8 Å². The summed E-state index contributed by atoms with van der Waals surface area (Å²) in [6.45, 7) is 7.89. The molecule has 0 aromatic heterocycles. The Morgan fingerprint density at radius 1 is 1.32 bits per heavy atom. The van der Waals surface area contributed by atoms with E-state index in [1.165, 1.54) is 0 Å². The zero-order valence-corrected chi connectivity index (χ0v) is 12.3. The highest BCUT2D eigenvalue weighted by molar-refractivity contribution is 5.84. The lowest BCUT2D eigenvalue weighted by molar-refractivity contribution is -0.131. The van der Waals surface area contributed by atoms with E-state index in [9.17, 15) is 4.79 Å². The Bertz CT molecular complexity index is 403. The quantitative estimate of drug-likeness (QED) is 0.822. The van der Waals surface area contributed by atoms with Crippen molar-refractivity contribution in [1.82, 2.24) is 4.90 Å². The predicted octanol–water partition coefficient (Wildman–Crippen LogP) is 2.50. The highest BCUT2D eigenvalue weighted by Crippen LogP contribution is 2.17. The van der Waals surface area contributed by atoms with E-state index >= 15 is 0 Å². The lowest BCUT2D eigenvalue weighted by Gasteiger charge is -2.24. The number of carbonyl (C=O) groups excluding carboxylic acids is 1. The van der Waals surface area contributed by atoms with Crippen molar-refractivity contribution in [1.29, 1.82) is 0 Å². The minimum absolute atomic E-state index is 0.122. The summed E-state index contributed by atoms with van der Waals surface area (Å²) in [5.41, 5.74) is 2.02. The summed E-state index contributed by atoms with van der Waals surface area (Å²) in [6.07, 6.45) is 0. The lowest BCUT2D eigenvalue weighted by atomic mass is 10.1. The Balaban J connectivity index is 2.76. The van der Waals surface area contributed by atoms with Gasteiger partial charge in [0, 0.05) is 31.5 Å². The number of likely N-dealkylation sites (N-methyl/N-ethyl adjacent to an activating group) is 1. The molecule has 1 aromatic rings. The highest BCUT2D eigenvalue weighted by atomic mass is 16.5. The standard InChI is InChI=1S/C15H24N2O2/c1-5-17(6-2)15(18)12(3)16-14-10-8-7-9-13(14)11-19-4/h7-10,12,16H,5-6,11H2,1-4H3. The van der Waals surface area contributed by atoms with Gasteiger partial charge in [-0.3, -0.25) is 4.79 Å². The van der Waals surface area contributed by atoms with Gasteiger partial charge in [-0.15, -0.1) is 0 Å². The molecule has 0 radical (unpaired) electrons. The van der Waals surface area contributed by atoms with Crippen LogP contribution < -0.4 is 5.32 Å². The second-order valence-electron chi connectivity index (χ2n) is 4.47. The number of hydrogen-bond donors (Lipinski definition) is 1. The number of rotatable bonds is 7. The van der Waals surface area contributed by atoms with Crippen LogP contribution >= 0.6 is 0 Å². The van der Waals surface area contributed by atoms with E-state index in [4.69, 9.17) is 4.74 Å². The number of nitrogens with zero attached hydrogens (tertiary/aromatic N) is 1. The second kappa shape index (κ2) is 7.79. The van der Waals surface area contributed by atoms with Gasteiger partial charge < -0.3 is 15.0 Å². The third kappa shape index (κ3) is 4.24. The van der Waals surface area contributed by atoms with Gasteiger partial charge in [-0.1, -0.05) is 18.2 Å². The number of amides is 1. The van der Waals surface area contributed by atoms with E-state index in [0.29, 0.717) is 6.61 Å². The van der Waals surface area contributed by atoms with Crippen LogP contribution in [0, 0.1) is 0 Å². The molecule has 4 heteroatoms. The number of benzene rings is 1. The van der Waals surface area contributed by atoms with Crippen LogP contribution in [-0.2, 0) is 16.1 Å². The molecule has 106 valence electrons. The van der Waals surface area contributed by atoms with Gasteiger partial charge in [0.1, 0.15) is 6.04 Å². The number of carbonyl (C=O) groups is 1. The number of anilines is 1. The number of hydrogen-bond acceptors (Lipinski definition) is 3. The first-order chi connectivity index (χ1) is 9.13. The predicted molar refractivity (Wildman–Crippen MR) is 78.2 cm³/mol. The Morgan fingerprint density at radius 3 is 2.53 bits per heavy atom. The number of methoxy groups -OCH3 is 1. The summed E-state index contributed by atoms with van der Waals surface area (Å²) >= 11 is 0. The van der Waals surface area contributed by atoms with Crippen LogP contribution in [0.1, 0.15) is 26.3 Å². The molecule has 1 N–H and O–H groups in total. The number of nitrogens with one attached hydrogen (secondary N) is 1. The Kier molecular flexibility index (Phi) is 6.36. The summed E-state index contributed by atoms with van der Waals surface area (Å²) < 4.78 is 5.17. The molecule has 0 spiro atoms. The second-order valence-corrected chi connectivity index (χ2v) is 4.47. The van der Waals surface area contributed by atoms with Crippen LogP contribution in [0.25, 0.3) is 0 Å². The Morgan fingerprint density at radius 2 is 1.95 bits per heavy atom. The summed E-state index contributed by atoms with van der Waals surface area (Å²) in [7, 11) is 1.67. The summed E-state index contributed by atoms with van der Waals surface area (Å²) in [5.74, 6) is 0.122. The van der Waals surface area contributed by atoms with Crippen molar-refractivity contribution in [3.63, 3.8) is 0 Å². The minimum atomic E-state index is -0.238. The molecule has 1 unspecified atom stereocenters. The molecule has 0 fully saturated rings. The molecular formula is C15H24N2O2. The molecule has 0 bridgehead atoms. The van der Waals surface area contributed by atoms with Crippen LogP contribution in [0.3, 0.4) is 0 Å². The maximum atomic E-state index is 12.2. The molecule has 0 heterocycles. The maximum Gasteiger partial charge on any atom is 0.244 e. The topological polar surface area (TPSA) is 41.6 Å². The fourth-order valence-electron chi connectivity index (χ4n) is 2.05. The fourth-order valence-corrected chi connectivity index (χ4v) is 2.05. The van der Waals surface area contributed by atoms with Crippen molar-refractivity contribution < 1.29 is 9.53 Å². The monoisotopic (exact) mass is 264 g/mol. The van der Waals surface area contributed by atoms with Crippen molar-refractivity contribution in [2.24, 2.45) is 0 Å². The minimum Gasteiger partial charge on any atom is -0.380 e. The number of ether oxygens (including phenoxy) is 1. The fraction of sp³-hybridized carbons (Fsp3) is 0.533. The van der Waals surface area contributed by atoms with Crippen molar-refractivity contribution in [2.75, 3.05) is 25.5 Å². The SMILES string of the molecule is CCN(CC)C(=O)C(C)Nc1ccccc1COC. The van der Waals surface area contributed by atoms with Crippen molar-refractivity contribution >= 4 is 11.6 Å². The van der Waals surface area contributed by atoms with Crippen molar-refractivity contribution in [3.8, 4) is 0 Å². The van der Waals surface area contributed by atoms with E-state index in [1.807, 2.05) is 49.9 Å². The van der Waals surface area contributed by atoms with Crippen LogP contribution in [0.15, 0.2) is 24.3 Å². The molecule has 0 aliphatic rings. The van der Waals surface area contributed by atoms with Crippen LogP contribution in [0.4, 0.5) is 5.69 Å². The van der Waals surface area contributed by atoms with Gasteiger partial charge in [0.2, 0.25) is 5.91 Å². The molecule has 1 rings (SSSR count). The first kappa shape index (κ1) is 15.5. The van der Waals surface area contributed by atoms with Gasteiger partial charge in [-0.2, -0.15) is 0 Å². The molecule has 0 saturated heterocycles. The van der Waals surface area contributed by atoms with E-state index in [-0.39, 0.29) is 11.9 Å². The zero-order chi connectivity index (χ0) is 14.3. The Labute approximate surface area is 115 Å². The van der Waals surface area contributed by atoms with Gasteiger partial charge in [-0.05, 0) is 26.8 Å². The maximum absolute atomic E-state index is 12.2. The van der Waals surface area contributed by atoms with Gasteiger partial charge in [0.25, 0.3) is 0 Å². The van der Waals surface area contributed by atoms with Crippen LogP contribution in [0.2, 0.25) is 0 Å². The summed E-state index contributed by atoms with van der Waals surface area (Å²) in [6, 6.07) is 7.66. The Hall–Kier alpha value is -1.55. The third-order valence-corrected chi connectivity index (χ3v) is 3.13. The van der Waals surface area contributed by atoms with E-state index < -0.39 is 0 Å². The molecular weight excluding hydrogens is 240 g/mol. The normalized spacial score (nSPS) is 12.0. The van der Waals surface area contributed by atoms with E-state index in [0.717, 1.165) is 24.3 Å². The van der Waals surface area contributed by atoms with Crippen LogP contribution in [0.5, 0.6) is 0 Å². The largest absolute Gasteiger partial charge is 0.380 e. The zero-order valence-electron chi connectivity index (χ0n) is 12.3. The third-order valence-electron chi connectivity index (χ3n) is 3.13. The first-order valence-electron chi connectivity index (χ1n) is 6.76.